The van der Waals surface area contributed by atoms with Crippen molar-refractivity contribution in [1.29, 1.82) is 0 Å². The van der Waals surface area contributed by atoms with Crippen LogP contribution in [0.2, 0.25) is 0 Å². The third kappa shape index (κ3) is 2.94. The number of benzene rings is 1. The predicted octanol–water partition coefficient (Wildman–Crippen LogP) is 3.64. The molecule has 0 saturated heterocycles. The number of anilines is 1. The highest BCUT2D eigenvalue weighted by Gasteiger charge is 2.23. The fourth-order valence-corrected chi connectivity index (χ4v) is 3.72. The molecule has 0 bridgehead atoms. The molecule has 0 spiro atoms. The third-order valence-electron chi connectivity index (χ3n) is 2.97. The van der Waals surface area contributed by atoms with Crippen molar-refractivity contribution in [2.45, 2.75) is 17.4 Å². The molecule has 4 nitrogen and oxygen atoms in total. The van der Waals surface area contributed by atoms with Crippen molar-refractivity contribution < 1.29 is 9.18 Å². The van der Waals surface area contributed by atoms with Crippen molar-refractivity contribution in [1.82, 2.24) is 10.3 Å². The summed E-state index contributed by atoms with van der Waals surface area (Å²) < 4.78 is 13.4. The smallest absolute Gasteiger partial charge is 0.321 e. The number of nitrogens with one attached hydrogen (secondary N) is 2. The third-order valence-corrected chi connectivity index (χ3v) is 4.78. The second kappa shape index (κ2) is 5.80. The quantitative estimate of drug-likeness (QED) is 0.890. The van der Waals surface area contributed by atoms with E-state index in [1.165, 1.54) is 23.5 Å². The number of carbonyl (C=O) groups excluding carboxylic acids is 1. The van der Waals surface area contributed by atoms with E-state index < -0.39 is 0 Å². The number of hydrogen-bond donors (Lipinski definition) is 2. The second-order valence-electron chi connectivity index (χ2n) is 4.31. The number of thioether (sulfide) groups is 1. The van der Waals surface area contributed by atoms with Gasteiger partial charge in [-0.05, 0) is 30.2 Å². The minimum Gasteiger partial charge on any atom is -0.331 e. The second-order valence-corrected chi connectivity index (χ2v) is 6.34. The zero-order valence-electron chi connectivity index (χ0n) is 10.4. The number of urea groups is 1. The van der Waals surface area contributed by atoms with E-state index in [1.807, 2.05) is 0 Å². The van der Waals surface area contributed by atoms with E-state index in [2.05, 4.69) is 15.6 Å². The fourth-order valence-electron chi connectivity index (χ4n) is 2.09. The van der Waals surface area contributed by atoms with Crippen LogP contribution >= 0.6 is 23.1 Å². The maximum Gasteiger partial charge on any atom is 0.321 e. The monoisotopic (exact) mass is 309 g/mol. The van der Waals surface area contributed by atoms with Crippen LogP contribution in [0.4, 0.5) is 14.3 Å². The van der Waals surface area contributed by atoms with Crippen molar-refractivity contribution in [3.63, 3.8) is 0 Å². The van der Waals surface area contributed by atoms with Crippen LogP contribution in [-0.4, -0.2) is 16.8 Å². The number of fused-ring (bicyclic) bond motifs is 1. The maximum absolute atomic E-state index is 13.4. The number of amides is 2. The first-order valence-corrected chi connectivity index (χ1v) is 7.98. The van der Waals surface area contributed by atoms with Gasteiger partial charge in [-0.25, -0.2) is 14.2 Å². The summed E-state index contributed by atoms with van der Waals surface area (Å²) in [5, 5.41) is 7.89. The lowest BCUT2D eigenvalue weighted by Gasteiger charge is -2.25. The van der Waals surface area contributed by atoms with Crippen LogP contribution in [0.15, 0.2) is 34.7 Å². The normalized spacial score (nSPS) is 17.4. The van der Waals surface area contributed by atoms with E-state index in [1.54, 1.807) is 29.4 Å². The highest BCUT2D eigenvalue weighted by atomic mass is 32.2. The van der Waals surface area contributed by atoms with Crippen LogP contribution in [0.5, 0.6) is 0 Å². The molecule has 3 rings (SSSR count). The first kappa shape index (κ1) is 13.4. The number of hydrogen-bond acceptors (Lipinski definition) is 4. The summed E-state index contributed by atoms with van der Waals surface area (Å²) in [7, 11) is 0. The molecule has 0 aliphatic carbocycles. The van der Waals surface area contributed by atoms with Gasteiger partial charge in [0, 0.05) is 22.2 Å². The van der Waals surface area contributed by atoms with Crippen LogP contribution in [0.1, 0.15) is 18.0 Å². The van der Waals surface area contributed by atoms with Crippen molar-refractivity contribution in [2.24, 2.45) is 0 Å². The SMILES string of the molecule is O=C(Nc1nccs1)NC1CCSc2ccc(F)cc21. The minimum absolute atomic E-state index is 0.165. The van der Waals surface area contributed by atoms with Gasteiger partial charge in [-0.15, -0.1) is 23.1 Å². The molecule has 0 saturated carbocycles. The molecule has 0 fully saturated rings. The van der Waals surface area contributed by atoms with Crippen LogP contribution in [0.25, 0.3) is 0 Å². The molecule has 2 aromatic rings. The summed E-state index contributed by atoms with van der Waals surface area (Å²) in [4.78, 5) is 16.9. The van der Waals surface area contributed by atoms with E-state index in [-0.39, 0.29) is 17.9 Å². The standard InChI is InChI=1S/C13H12FN3OS2/c14-8-1-2-11-9(7-8)10(3-5-19-11)16-12(18)17-13-15-4-6-20-13/h1-2,4,6-7,10H,3,5H2,(H2,15,16,17,18). The molecule has 2 amide bonds. The summed E-state index contributed by atoms with van der Waals surface area (Å²) >= 11 is 3.04. The lowest BCUT2D eigenvalue weighted by Crippen LogP contribution is -2.34. The van der Waals surface area contributed by atoms with Gasteiger partial charge in [0.05, 0.1) is 6.04 Å². The van der Waals surface area contributed by atoms with Crippen LogP contribution < -0.4 is 10.6 Å². The van der Waals surface area contributed by atoms with Crippen LogP contribution in [0, 0.1) is 5.82 Å². The van der Waals surface area contributed by atoms with Crippen molar-refractivity contribution in [2.75, 3.05) is 11.1 Å². The molecule has 1 unspecified atom stereocenters. The molecule has 2 heterocycles. The summed E-state index contributed by atoms with van der Waals surface area (Å²) in [6.07, 6.45) is 2.41. The molecule has 1 aromatic heterocycles. The lowest BCUT2D eigenvalue weighted by molar-refractivity contribution is 0.248. The molecule has 20 heavy (non-hydrogen) atoms. The number of thiazole rings is 1. The Morgan fingerprint density at radius 2 is 2.35 bits per heavy atom. The van der Waals surface area contributed by atoms with Gasteiger partial charge in [-0.1, -0.05) is 0 Å². The summed E-state index contributed by atoms with van der Waals surface area (Å²) in [6.45, 7) is 0. The average molecular weight is 309 g/mol. The van der Waals surface area contributed by atoms with Gasteiger partial charge < -0.3 is 5.32 Å². The molecule has 104 valence electrons. The Hall–Kier alpha value is -1.60. The van der Waals surface area contributed by atoms with Gasteiger partial charge >= 0.3 is 6.03 Å². The summed E-state index contributed by atoms with van der Waals surface area (Å²) in [5.74, 6) is 0.624. The zero-order valence-corrected chi connectivity index (χ0v) is 12.1. The Kier molecular flexibility index (Phi) is 3.88. The molecule has 7 heteroatoms. The highest BCUT2D eigenvalue weighted by Crippen LogP contribution is 2.36. The molecule has 1 aliphatic rings. The fraction of sp³-hybridized carbons (Fsp3) is 0.231. The van der Waals surface area contributed by atoms with Crippen molar-refractivity contribution in [3.05, 3.63) is 41.2 Å². The van der Waals surface area contributed by atoms with Crippen LogP contribution in [-0.2, 0) is 0 Å². The van der Waals surface area contributed by atoms with Crippen LogP contribution in [0.3, 0.4) is 0 Å². The van der Waals surface area contributed by atoms with Gasteiger partial charge in [0.15, 0.2) is 5.13 Å². The van der Waals surface area contributed by atoms with Crippen molar-refractivity contribution in [3.8, 4) is 0 Å². The van der Waals surface area contributed by atoms with Gasteiger partial charge in [-0.3, -0.25) is 5.32 Å². The molecule has 0 radical (unpaired) electrons. The Morgan fingerprint density at radius 1 is 1.45 bits per heavy atom. The van der Waals surface area contributed by atoms with E-state index in [0.29, 0.717) is 5.13 Å². The van der Waals surface area contributed by atoms with E-state index in [0.717, 1.165) is 22.6 Å². The topological polar surface area (TPSA) is 54.0 Å². The van der Waals surface area contributed by atoms with Gasteiger partial charge in [-0.2, -0.15) is 0 Å². The largest absolute Gasteiger partial charge is 0.331 e. The average Bonchev–Trinajstić information content (AvgIpc) is 2.92. The van der Waals surface area contributed by atoms with Gasteiger partial charge in [0.25, 0.3) is 0 Å². The highest BCUT2D eigenvalue weighted by molar-refractivity contribution is 7.99. The molecule has 1 aliphatic heterocycles. The Morgan fingerprint density at radius 3 is 3.15 bits per heavy atom. The Labute approximate surface area is 123 Å². The van der Waals surface area contributed by atoms with E-state index >= 15 is 0 Å². The number of aromatic nitrogens is 1. The number of halogens is 1. The number of rotatable bonds is 2. The van der Waals surface area contributed by atoms with Gasteiger partial charge in [0.2, 0.25) is 0 Å². The van der Waals surface area contributed by atoms with E-state index in [4.69, 9.17) is 0 Å². The molecular formula is C13H12FN3OS2. The maximum atomic E-state index is 13.4. The summed E-state index contributed by atoms with van der Waals surface area (Å²) in [6, 6.07) is 4.23. The lowest BCUT2D eigenvalue weighted by atomic mass is 10.0. The zero-order chi connectivity index (χ0) is 13.9. The first-order chi connectivity index (χ1) is 9.72. The molecule has 1 atom stereocenters. The summed E-state index contributed by atoms with van der Waals surface area (Å²) in [5.41, 5.74) is 0.843. The predicted molar refractivity (Wildman–Crippen MR) is 78.8 cm³/mol. The minimum atomic E-state index is -0.313. The number of nitrogens with zero attached hydrogens (tertiary/aromatic N) is 1. The first-order valence-electron chi connectivity index (χ1n) is 6.11. The van der Waals surface area contributed by atoms with Gasteiger partial charge in [0.1, 0.15) is 5.82 Å². The molecule has 2 N–H and O–H groups in total. The number of carbonyl (C=O) groups is 1. The molecule has 1 aromatic carbocycles. The van der Waals surface area contributed by atoms with Crippen molar-refractivity contribution >= 4 is 34.3 Å². The van der Waals surface area contributed by atoms with E-state index in [9.17, 15) is 9.18 Å². The molecular weight excluding hydrogens is 297 g/mol. The Balaban J connectivity index is 1.72. The Bertz CT molecular complexity index is 618.